The van der Waals surface area contributed by atoms with Crippen molar-refractivity contribution in [1.29, 1.82) is 0 Å². The van der Waals surface area contributed by atoms with E-state index in [4.69, 9.17) is 15.5 Å². The van der Waals surface area contributed by atoms with E-state index in [1.165, 1.54) is 37.2 Å². The minimum absolute atomic E-state index is 0.0480. The van der Waals surface area contributed by atoms with E-state index in [2.05, 4.69) is 72.5 Å². The largest absolute Gasteiger partial charge is 0.438 e. The number of nitrogens with zero attached hydrogens (tertiary/aromatic N) is 5. The minimum atomic E-state index is -0.450. The van der Waals surface area contributed by atoms with Gasteiger partial charge in [-0.05, 0) is 120 Å². The Hall–Kier alpha value is -5.88. The number of amides is 2. The predicted octanol–water partition coefficient (Wildman–Crippen LogP) is 11.4. The number of carbonyl (C=O) groups is 2. The van der Waals surface area contributed by atoms with Crippen molar-refractivity contribution in [2.75, 3.05) is 31.6 Å². The van der Waals surface area contributed by atoms with E-state index >= 15 is 0 Å². The molecule has 4 unspecified atom stereocenters. The smallest absolute Gasteiger partial charge is 0.402 e. The first-order valence-corrected chi connectivity index (χ1v) is 25.5. The number of rotatable bonds is 11. The van der Waals surface area contributed by atoms with Gasteiger partial charge in [-0.25, -0.2) is 13.6 Å². The van der Waals surface area contributed by atoms with Gasteiger partial charge in [0.15, 0.2) is 17.3 Å². The van der Waals surface area contributed by atoms with Gasteiger partial charge in [0.2, 0.25) is 5.91 Å². The Bertz CT molecular complexity index is 2780. The second kappa shape index (κ2) is 24.2. The molecule has 2 amide bonds. The first-order valence-electron chi connectivity index (χ1n) is 25.1. The lowest BCUT2D eigenvalue weighted by atomic mass is 9.91. The molecule has 2 saturated carbocycles. The summed E-state index contributed by atoms with van der Waals surface area (Å²) in [4.78, 5) is 49.2. The molecule has 2 aliphatic carbocycles. The van der Waals surface area contributed by atoms with Crippen molar-refractivity contribution in [2.45, 2.75) is 131 Å². The number of nitrogens with two attached hydrogens (primary N) is 1. The Morgan fingerprint density at radius 2 is 1.79 bits per heavy atom. The van der Waals surface area contributed by atoms with Crippen LogP contribution in [0, 0.1) is 37.3 Å². The van der Waals surface area contributed by atoms with Crippen LogP contribution in [-0.2, 0) is 9.53 Å². The number of hydrogen-bond donors (Lipinski definition) is 5. The Morgan fingerprint density at radius 3 is 2.31 bits per heavy atom. The van der Waals surface area contributed by atoms with Gasteiger partial charge in [-0.2, -0.15) is 9.42 Å². The normalized spacial score (nSPS) is 19.8. The van der Waals surface area contributed by atoms with Gasteiger partial charge in [0, 0.05) is 99.4 Å². The van der Waals surface area contributed by atoms with Crippen molar-refractivity contribution in [2.24, 2.45) is 22.6 Å². The van der Waals surface area contributed by atoms with Crippen LogP contribution in [0.2, 0.25) is 0 Å². The van der Waals surface area contributed by atoms with E-state index in [9.17, 15) is 23.2 Å². The fraction of sp³-hybridized carbons (Fsp3) is 0.473. The van der Waals surface area contributed by atoms with Crippen molar-refractivity contribution in [1.82, 2.24) is 29.4 Å². The predicted molar refractivity (Wildman–Crippen MR) is 287 cm³/mol. The summed E-state index contributed by atoms with van der Waals surface area (Å²) in [5, 5.41) is 4.60. The summed E-state index contributed by atoms with van der Waals surface area (Å²) in [5.74, 6) is 0.570. The first kappa shape index (κ1) is 55.4. The summed E-state index contributed by atoms with van der Waals surface area (Å²) in [5.41, 5.74) is 16.6. The molecule has 3 aromatic carbocycles. The number of aromatic nitrogens is 3. The van der Waals surface area contributed by atoms with E-state index in [1.54, 1.807) is 64.4 Å². The molecule has 2 aromatic heterocycles. The number of quaternary nitrogens is 1. The van der Waals surface area contributed by atoms with Crippen molar-refractivity contribution < 1.29 is 27.6 Å². The lowest BCUT2D eigenvalue weighted by Crippen LogP contribution is -2.51. The van der Waals surface area contributed by atoms with Crippen LogP contribution in [0.25, 0.3) is 10.9 Å². The summed E-state index contributed by atoms with van der Waals surface area (Å²) in [7, 11) is 1.80. The summed E-state index contributed by atoms with van der Waals surface area (Å²) in [6, 6.07) is 18.5. The quantitative estimate of drug-likeness (QED) is 0.0376. The molecule has 4 atom stereocenters. The Balaban J connectivity index is 0.000000182. The molecule has 4 heterocycles. The SMILES string of the molecule is C/C=C\N(C(C)=O)c1ccc([N+](S)(NC)C2CC2)cc1F.CC1(C)CCCCO1.CC1CC1c1noc(=O)[nH]1.CCC(C)C(=Nc1cc(C)c(F)c(C)c1)C1=C(N)CCN(C(=O)c2cc3ccccc3[nH]2)C1. The molecule has 14 nitrogen and oxygen atoms in total. The molecular formula is C55H74F2N9O5S+. The van der Waals surface area contributed by atoms with Gasteiger partial charge >= 0.3 is 5.76 Å². The van der Waals surface area contributed by atoms with Gasteiger partial charge < -0.3 is 20.4 Å². The highest BCUT2D eigenvalue weighted by molar-refractivity contribution is 7.79. The topological polar surface area (TPSA) is 175 Å². The first-order chi connectivity index (χ1) is 34.2. The average molecular weight is 1010 g/mol. The van der Waals surface area contributed by atoms with Crippen LogP contribution < -0.4 is 25.8 Å². The molecule has 0 bridgehead atoms. The molecule has 3 fully saturated rings. The number of nitrogens with one attached hydrogen (secondary N) is 3. The molecule has 388 valence electrons. The van der Waals surface area contributed by atoms with E-state index < -0.39 is 11.6 Å². The summed E-state index contributed by atoms with van der Waals surface area (Å²) in [6.07, 6.45) is 11.8. The van der Waals surface area contributed by atoms with Crippen LogP contribution in [0.4, 0.5) is 25.8 Å². The molecule has 0 spiro atoms. The molecule has 1 saturated heterocycles. The molecular weight excluding hydrogens is 937 g/mol. The monoisotopic (exact) mass is 1010 g/mol. The highest BCUT2D eigenvalue weighted by atomic mass is 32.1. The molecule has 9 rings (SSSR count). The highest BCUT2D eigenvalue weighted by Crippen LogP contribution is 2.45. The maximum Gasteiger partial charge on any atom is 0.438 e. The maximum absolute atomic E-state index is 14.4. The van der Waals surface area contributed by atoms with Gasteiger partial charge in [0.1, 0.15) is 17.6 Å². The zero-order valence-corrected chi connectivity index (χ0v) is 44.5. The molecule has 2 aliphatic heterocycles. The molecule has 5 N–H and O–H groups in total. The third kappa shape index (κ3) is 14.0. The van der Waals surface area contributed by atoms with Gasteiger partial charge in [0.05, 0.1) is 35.5 Å². The van der Waals surface area contributed by atoms with Crippen LogP contribution in [0.3, 0.4) is 0 Å². The number of halogens is 2. The van der Waals surface area contributed by atoms with Crippen LogP contribution in [0.5, 0.6) is 0 Å². The average Bonchev–Trinajstić information content (AvgIpc) is 4.26. The molecule has 72 heavy (non-hydrogen) atoms. The van der Waals surface area contributed by atoms with Crippen LogP contribution in [-0.4, -0.2) is 75.9 Å². The van der Waals surface area contributed by atoms with Gasteiger partial charge in [-0.1, -0.05) is 50.2 Å². The van der Waals surface area contributed by atoms with Crippen molar-refractivity contribution >= 4 is 58.3 Å². The minimum Gasteiger partial charge on any atom is -0.402 e. The van der Waals surface area contributed by atoms with Crippen molar-refractivity contribution in [3.05, 3.63) is 129 Å². The number of allylic oxidation sites excluding steroid dienone is 1. The third-order valence-corrected chi connectivity index (χ3v) is 14.5. The lowest BCUT2D eigenvalue weighted by molar-refractivity contribution is -0.116. The summed E-state index contributed by atoms with van der Waals surface area (Å²) < 4.78 is 38.6. The Labute approximate surface area is 428 Å². The van der Waals surface area contributed by atoms with E-state index in [1.807, 2.05) is 35.2 Å². The van der Waals surface area contributed by atoms with Gasteiger partial charge in [-0.3, -0.25) is 29.0 Å². The Kier molecular flexibility index (Phi) is 18.7. The molecule has 17 heteroatoms. The highest BCUT2D eigenvalue weighted by Gasteiger charge is 2.45. The van der Waals surface area contributed by atoms with Gasteiger partial charge in [0.25, 0.3) is 5.91 Å². The molecule has 5 aromatic rings. The number of hydrogen-bond acceptors (Lipinski definition) is 10. The summed E-state index contributed by atoms with van der Waals surface area (Å²) in [6.45, 7) is 19.3. The number of benzene rings is 3. The molecule has 4 aliphatic rings. The number of aromatic amines is 2. The van der Waals surface area contributed by atoms with E-state index in [-0.39, 0.29) is 38.8 Å². The van der Waals surface area contributed by atoms with E-state index in [0.717, 1.165) is 65.9 Å². The zero-order valence-electron chi connectivity index (χ0n) is 43.6. The van der Waals surface area contributed by atoms with Crippen molar-refractivity contribution in [3.8, 4) is 0 Å². The number of fused-ring (bicyclic) bond motifs is 1. The Morgan fingerprint density at radius 1 is 1.10 bits per heavy atom. The number of H-pyrrole nitrogens is 2. The fourth-order valence-corrected chi connectivity index (χ4v) is 9.26. The number of anilines is 1. The van der Waals surface area contributed by atoms with E-state index in [0.29, 0.717) is 65.7 Å². The second-order valence-electron chi connectivity index (χ2n) is 20.0. The van der Waals surface area contributed by atoms with Crippen LogP contribution in [0.15, 0.2) is 98.5 Å². The fourth-order valence-electron chi connectivity index (χ4n) is 8.91. The van der Waals surface area contributed by atoms with Crippen molar-refractivity contribution in [3.63, 3.8) is 0 Å². The number of carbonyl (C=O) groups excluding carboxylic acids is 2. The second-order valence-corrected chi connectivity index (χ2v) is 20.6. The van der Waals surface area contributed by atoms with Crippen LogP contribution >= 0.6 is 12.8 Å². The number of para-hydroxylation sites is 1. The van der Waals surface area contributed by atoms with Gasteiger partial charge in [-0.15, -0.1) is 0 Å². The lowest BCUT2D eigenvalue weighted by Gasteiger charge is -2.31. The number of aryl methyl sites for hydroxylation is 2. The third-order valence-electron chi connectivity index (χ3n) is 13.7. The number of thiol groups is 1. The summed E-state index contributed by atoms with van der Waals surface area (Å²) >= 11 is 4.65. The molecule has 0 radical (unpaired) electrons. The number of ether oxygens (including phenoxy) is 1. The zero-order chi connectivity index (χ0) is 52.5. The standard InChI is InChI=1S/C27H31FN4O.C15H21FN3OS.C7H14O.C6H8N2O2/c1-5-16(2)26(30-20-12-17(3)25(28)18(4)13-20)21-15-32(11-10-22(21)29)27(33)24-14-19-8-6-7-9-23(19)31-24;1-4-9-18(11(2)20)15-8-7-13(10-14(15)16)19(21,17-3)12-5-6-12;1-7(2)5-3-4-6-8-7;1-3-2-4(3)5-7-6(9)10-8-5/h6-9,12-14,16,31H,5,10-11,15,29H2,1-4H3;4,7-10,12,17,21H,5-6H2,1-3H3;3-6H2,1-2H3;3-4H,2H2,1H3,(H,7,8,9)/q;+1;;/b;9-4-;;. The number of aliphatic imine (C=N–C) groups is 1. The maximum atomic E-state index is 14.4. The van der Waals surface area contributed by atoms with Crippen LogP contribution in [0.1, 0.15) is 133 Å².